The Morgan fingerprint density at radius 3 is 2.80 bits per heavy atom. The highest BCUT2D eigenvalue weighted by Crippen LogP contribution is 2.13. The lowest BCUT2D eigenvalue weighted by atomic mass is 10.2. The predicted octanol–water partition coefficient (Wildman–Crippen LogP) is 1.44. The molecule has 8 heteroatoms. The molecule has 2 rings (SSSR count). The van der Waals surface area contributed by atoms with Gasteiger partial charge in [0.1, 0.15) is 5.69 Å². The first-order valence-corrected chi connectivity index (χ1v) is 7.78. The van der Waals surface area contributed by atoms with Gasteiger partial charge in [-0.1, -0.05) is 6.07 Å². The highest BCUT2D eigenvalue weighted by molar-refractivity contribution is 7.90. The molecule has 0 aliphatic rings. The number of nitriles is 1. The molecule has 0 unspecified atom stereocenters. The molecule has 0 aliphatic heterocycles. The van der Waals surface area contributed by atoms with Gasteiger partial charge in [0.2, 0.25) is 0 Å². The van der Waals surface area contributed by atoms with E-state index in [-0.39, 0.29) is 16.2 Å². The summed E-state index contributed by atoms with van der Waals surface area (Å²) in [5, 5.41) is 10.9. The van der Waals surface area contributed by atoms with E-state index in [0.29, 0.717) is 5.01 Å². The van der Waals surface area contributed by atoms with Gasteiger partial charge in [-0.3, -0.25) is 4.79 Å². The lowest BCUT2D eigenvalue weighted by Gasteiger charge is -2.05. The average Bonchev–Trinajstić information content (AvgIpc) is 2.85. The van der Waals surface area contributed by atoms with Crippen molar-refractivity contribution in [2.24, 2.45) is 0 Å². The lowest BCUT2D eigenvalue weighted by Crippen LogP contribution is -2.30. The Morgan fingerprint density at radius 2 is 2.20 bits per heavy atom. The number of amides is 1. The van der Waals surface area contributed by atoms with Crippen LogP contribution in [0, 0.1) is 18.3 Å². The van der Waals surface area contributed by atoms with E-state index in [4.69, 9.17) is 5.26 Å². The molecule has 1 heterocycles. The maximum Gasteiger partial charge on any atom is 0.284 e. The van der Waals surface area contributed by atoms with E-state index in [2.05, 4.69) is 4.98 Å². The van der Waals surface area contributed by atoms with Gasteiger partial charge in [0.15, 0.2) is 0 Å². The highest BCUT2D eigenvalue weighted by Gasteiger charge is 2.20. The Balaban J connectivity index is 2.27. The number of thiazole rings is 1. The number of rotatable bonds is 3. The monoisotopic (exact) mass is 307 g/mol. The molecular weight excluding hydrogens is 298 g/mol. The van der Waals surface area contributed by atoms with E-state index in [1.165, 1.54) is 41.0 Å². The number of sulfonamides is 1. The van der Waals surface area contributed by atoms with Crippen LogP contribution in [0.1, 0.15) is 21.1 Å². The molecular formula is C12H9N3O3S2. The molecule has 0 atom stereocenters. The van der Waals surface area contributed by atoms with Crippen LogP contribution in [-0.2, 0) is 10.0 Å². The average molecular weight is 307 g/mol. The third-order valence-corrected chi connectivity index (χ3v) is 4.45. The van der Waals surface area contributed by atoms with Crippen LogP contribution in [0.4, 0.5) is 0 Å². The van der Waals surface area contributed by atoms with Gasteiger partial charge in [-0.15, -0.1) is 11.3 Å². The Morgan fingerprint density at radius 1 is 1.45 bits per heavy atom. The fourth-order valence-corrected chi connectivity index (χ4v) is 3.03. The molecule has 0 radical (unpaired) electrons. The van der Waals surface area contributed by atoms with E-state index in [0.717, 1.165) is 0 Å². The summed E-state index contributed by atoms with van der Waals surface area (Å²) < 4.78 is 26.0. The Labute approximate surface area is 119 Å². The Bertz CT molecular complexity index is 803. The zero-order chi connectivity index (χ0) is 14.8. The van der Waals surface area contributed by atoms with E-state index in [1.54, 1.807) is 6.92 Å². The molecule has 0 bridgehead atoms. The minimum Gasteiger partial charge on any atom is -0.266 e. The van der Waals surface area contributed by atoms with Crippen LogP contribution in [0.3, 0.4) is 0 Å². The van der Waals surface area contributed by atoms with Crippen molar-refractivity contribution in [2.45, 2.75) is 11.8 Å². The zero-order valence-corrected chi connectivity index (χ0v) is 12.0. The molecule has 1 N–H and O–H groups in total. The summed E-state index contributed by atoms with van der Waals surface area (Å²) in [7, 11) is -4.02. The first kappa shape index (κ1) is 14.2. The normalized spacial score (nSPS) is 10.8. The predicted molar refractivity (Wildman–Crippen MR) is 72.7 cm³/mol. The first-order chi connectivity index (χ1) is 9.42. The number of hydrogen-bond acceptors (Lipinski definition) is 6. The van der Waals surface area contributed by atoms with Gasteiger partial charge < -0.3 is 0 Å². The van der Waals surface area contributed by atoms with Crippen molar-refractivity contribution in [1.29, 1.82) is 5.26 Å². The molecule has 102 valence electrons. The number of benzene rings is 1. The molecule has 0 fully saturated rings. The second-order valence-electron chi connectivity index (χ2n) is 3.83. The SMILES string of the molecule is Cc1nc(C(=O)NS(=O)(=O)c2cccc(C#N)c2)cs1. The zero-order valence-electron chi connectivity index (χ0n) is 10.3. The van der Waals surface area contributed by atoms with E-state index in [1.807, 2.05) is 10.8 Å². The molecule has 0 saturated heterocycles. The molecule has 20 heavy (non-hydrogen) atoms. The van der Waals surface area contributed by atoms with Crippen molar-refractivity contribution < 1.29 is 13.2 Å². The highest BCUT2D eigenvalue weighted by atomic mass is 32.2. The smallest absolute Gasteiger partial charge is 0.266 e. The van der Waals surface area contributed by atoms with E-state index >= 15 is 0 Å². The van der Waals surface area contributed by atoms with Crippen LogP contribution in [0.15, 0.2) is 34.5 Å². The fraction of sp³-hybridized carbons (Fsp3) is 0.0833. The lowest BCUT2D eigenvalue weighted by molar-refractivity contribution is 0.0977. The molecule has 0 spiro atoms. The number of carbonyl (C=O) groups is 1. The van der Waals surface area contributed by atoms with Gasteiger partial charge in [-0.05, 0) is 25.1 Å². The topological polar surface area (TPSA) is 99.9 Å². The van der Waals surface area contributed by atoms with Crippen LogP contribution < -0.4 is 4.72 Å². The largest absolute Gasteiger partial charge is 0.284 e. The number of nitrogens with zero attached hydrogens (tertiary/aromatic N) is 2. The third kappa shape index (κ3) is 3.01. The van der Waals surface area contributed by atoms with Gasteiger partial charge in [-0.2, -0.15) is 5.26 Å². The summed E-state index contributed by atoms with van der Waals surface area (Å²) in [4.78, 5) is 15.6. The summed E-state index contributed by atoms with van der Waals surface area (Å²) in [6, 6.07) is 7.26. The van der Waals surface area contributed by atoms with E-state index in [9.17, 15) is 13.2 Å². The summed E-state index contributed by atoms with van der Waals surface area (Å²) in [6.45, 7) is 1.71. The third-order valence-electron chi connectivity index (χ3n) is 2.35. The van der Waals surface area contributed by atoms with Crippen LogP contribution in [0.2, 0.25) is 0 Å². The molecule has 1 amide bonds. The molecule has 0 saturated carbocycles. The number of hydrogen-bond donors (Lipinski definition) is 1. The van der Waals surface area contributed by atoms with Crippen LogP contribution in [0.25, 0.3) is 0 Å². The van der Waals surface area contributed by atoms with Gasteiger partial charge in [0.05, 0.1) is 21.5 Å². The molecule has 6 nitrogen and oxygen atoms in total. The molecule has 1 aromatic carbocycles. The maximum atomic E-state index is 12.0. The standard InChI is InChI=1S/C12H9N3O3S2/c1-8-14-11(7-19-8)12(16)15-20(17,18)10-4-2-3-9(5-10)6-13/h2-5,7H,1H3,(H,15,16). The molecule has 0 aliphatic carbocycles. The van der Waals surface area contributed by atoms with Crippen LogP contribution >= 0.6 is 11.3 Å². The van der Waals surface area contributed by atoms with Crippen molar-refractivity contribution in [3.63, 3.8) is 0 Å². The minimum atomic E-state index is -4.02. The van der Waals surface area contributed by atoms with E-state index < -0.39 is 15.9 Å². The van der Waals surface area contributed by atoms with Crippen LogP contribution in [0.5, 0.6) is 0 Å². The number of nitrogens with one attached hydrogen (secondary N) is 1. The van der Waals surface area contributed by atoms with Gasteiger partial charge in [-0.25, -0.2) is 18.1 Å². The van der Waals surface area contributed by atoms with Gasteiger partial charge in [0.25, 0.3) is 15.9 Å². The van der Waals surface area contributed by atoms with Crippen molar-refractivity contribution in [2.75, 3.05) is 0 Å². The fourth-order valence-electron chi connectivity index (χ4n) is 1.43. The van der Waals surface area contributed by atoms with Crippen molar-refractivity contribution in [1.82, 2.24) is 9.71 Å². The number of aromatic nitrogens is 1. The second-order valence-corrected chi connectivity index (χ2v) is 6.57. The van der Waals surface area contributed by atoms with Gasteiger partial charge in [0, 0.05) is 5.38 Å². The Kier molecular flexibility index (Phi) is 3.83. The molecule has 1 aromatic heterocycles. The number of aryl methyl sites for hydroxylation is 1. The van der Waals surface area contributed by atoms with Crippen molar-refractivity contribution >= 4 is 27.3 Å². The second kappa shape index (κ2) is 5.40. The molecule has 2 aromatic rings. The summed E-state index contributed by atoms with van der Waals surface area (Å²) >= 11 is 1.25. The van der Waals surface area contributed by atoms with Crippen molar-refractivity contribution in [3.05, 3.63) is 45.9 Å². The summed E-state index contributed by atoms with van der Waals surface area (Å²) in [5.41, 5.74) is 0.248. The first-order valence-electron chi connectivity index (χ1n) is 5.42. The number of carbonyl (C=O) groups excluding carboxylic acids is 1. The quantitative estimate of drug-likeness (QED) is 0.925. The maximum absolute atomic E-state index is 12.0. The van der Waals surface area contributed by atoms with Crippen LogP contribution in [-0.4, -0.2) is 19.3 Å². The Hall–Kier alpha value is -2.24. The van der Waals surface area contributed by atoms with Crippen molar-refractivity contribution in [3.8, 4) is 6.07 Å². The van der Waals surface area contributed by atoms with Gasteiger partial charge >= 0.3 is 0 Å². The summed E-state index contributed by atoms with van der Waals surface area (Å²) in [5.74, 6) is -0.795. The minimum absolute atomic E-state index is 0.0486. The summed E-state index contributed by atoms with van der Waals surface area (Å²) in [6.07, 6.45) is 0.